The molecule has 2 aliphatic rings. The van der Waals surface area contributed by atoms with Crippen LogP contribution in [0.4, 0.5) is 23.0 Å². The number of carbonyl (C=O) groups is 2. The minimum Gasteiger partial charge on any atom is -0.480 e. The predicted molar refractivity (Wildman–Crippen MR) is 142 cm³/mol. The van der Waals surface area contributed by atoms with E-state index in [4.69, 9.17) is 0 Å². The summed E-state index contributed by atoms with van der Waals surface area (Å²) in [5.74, 6) is -0.296. The first-order valence-corrected chi connectivity index (χ1v) is 12.3. The maximum Gasteiger partial charge on any atom is 0.328 e. The minimum atomic E-state index is -0.907. The fourth-order valence-corrected chi connectivity index (χ4v) is 5.17. The molecule has 0 bridgehead atoms. The van der Waals surface area contributed by atoms with Crippen molar-refractivity contribution in [2.45, 2.75) is 19.0 Å². The van der Waals surface area contributed by atoms with E-state index in [2.05, 4.69) is 9.97 Å². The van der Waals surface area contributed by atoms with Gasteiger partial charge < -0.3 is 29.8 Å². The number of rotatable bonds is 6. The van der Waals surface area contributed by atoms with Crippen LogP contribution in [0.15, 0.2) is 67.0 Å². The zero-order valence-corrected chi connectivity index (χ0v) is 20.6. The molecule has 0 aliphatic carbocycles. The zero-order valence-electron chi connectivity index (χ0n) is 20.6. The zero-order chi connectivity index (χ0) is 25.9. The lowest BCUT2D eigenvalue weighted by Gasteiger charge is -2.43. The van der Waals surface area contributed by atoms with E-state index in [1.54, 1.807) is 12.4 Å². The lowest BCUT2D eigenvalue weighted by molar-refractivity contribution is -0.139. The molecule has 2 aliphatic heterocycles. The van der Waals surface area contributed by atoms with E-state index in [1.807, 2.05) is 81.1 Å². The van der Waals surface area contributed by atoms with Crippen LogP contribution in [0.5, 0.6) is 0 Å². The molecule has 2 fully saturated rings. The Morgan fingerprint density at radius 1 is 0.757 bits per heavy atom. The maximum absolute atomic E-state index is 12.3. The van der Waals surface area contributed by atoms with Gasteiger partial charge in [0, 0.05) is 49.9 Å². The lowest BCUT2D eigenvalue weighted by atomic mass is 10.0. The molecule has 10 heteroatoms. The Bertz CT molecular complexity index is 1260. The second kappa shape index (κ2) is 10.3. The number of aromatic nitrogens is 2. The predicted octanol–water partition coefficient (Wildman–Crippen LogP) is 2.34. The summed E-state index contributed by atoms with van der Waals surface area (Å²) in [4.78, 5) is 41.2. The van der Waals surface area contributed by atoms with Crippen molar-refractivity contribution in [2.75, 3.05) is 58.9 Å². The average molecular weight is 503 g/mol. The SMILES string of the molecule is Cc1ccc(N2CCN(c3ccccn3)C[C@@H]2C(=O)O)cc1N1CCN(c2ccccn2)C[C@H]1C(=O)O. The van der Waals surface area contributed by atoms with Gasteiger partial charge in [-0.25, -0.2) is 19.6 Å². The van der Waals surface area contributed by atoms with Gasteiger partial charge in [-0.2, -0.15) is 0 Å². The highest BCUT2D eigenvalue weighted by Gasteiger charge is 2.36. The number of carboxylic acid groups (broad SMARTS) is 2. The molecule has 0 spiro atoms. The first kappa shape index (κ1) is 24.4. The van der Waals surface area contributed by atoms with E-state index < -0.39 is 24.0 Å². The Morgan fingerprint density at radius 3 is 1.81 bits per heavy atom. The molecule has 0 amide bonds. The van der Waals surface area contributed by atoms with Crippen molar-refractivity contribution in [3.05, 3.63) is 72.6 Å². The van der Waals surface area contributed by atoms with Crippen LogP contribution in [0.25, 0.3) is 0 Å². The summed E-state index contributed by atoms with van der Waals surface area (Å²) in [7, 11) is 0. The summed E-state index contributed by atoms with van der Waals surface area (Å²) in [5, 5.41) is 20.2. The van der Waals surface area contributed by atoms with Crippen molar-refractivity contribution in [3.63, 3.8) is 0 Å². The van der Waals surface area contributed by atoms with E-state index >= 15 is 0 Å². The Labute approximate surface area is 215 Å². The fraction of sp³-hybridized carbons (Fsp3) is 0.333. The summed E-state index contributed by atoms with van der Waals surface area (Å²) >= 11 is 0. The van der Waals surface area contributed by atoms with Crippen molar-refractivity contribution < 1.29 is 19.8 Å². The fourth-order valence-electron chi connectivity index (χ4n) is 5.17. The maximum atomic E-state index is 12.3. The van der Waals surface area contributed by atoms with Crippen LogP contribution in [0, 0.1) is 6.92 Å². The van der Waals surface area contributed by atoms with Crippen molar-refractivity contribution >= 4 is 34.9 Å². The number of piperazine rings is 2. The lowest BCUT2D eigenvalue weighted by Crippen LogP contribution is -2.58. The van der Waals surface area contributed by atoms with Crippen LogP contribution in [0.3, 0.4) is 0 Å². The van der Waals surface area contributed by atoms with E-state index in [9.17, 15) is 19.8 Å². The van der Waals surface area contributed by atoms with E-state index in [0.717, 1.165) is 28.6 Å². The molecule has 2 saturated heterocycles. The van der Waals surface area contributed by atoms with Gasteiger partial charge in [0.15, 0.2) is 0 Å². The third-order valence-corrected chi connectivity index (χ3v) is 7.11. The van der Waals surface area contributed by atoms with Gasteiger partial charge in [0.05, 0.1) is 13.1 Å². The number of aryl methyl sites for hydroxylation is 1. The standard InChI is InChI=1S/C27H30N6O4/c1-19-8-9-20(32-14-12-30(17-22(32)26(34)35)24-6-2-4-10-28-24)16-21(19)33-15-13-31(18-23(33)27(36)37)25-7-3-5-11-29-25/h2-11,16,22-23H,12-15,17-18H2,1H3,(H,34,35)(H,36,37)/t22-,23+/m1/s1. The minimum absolute atomic E-state index is 0.302. The molecule has 2 atom stereocenters. The van der Waals surface area contributed by atoms with E-state index in [-0.39, 0.29) is 0 Å². The molecule has 0 saturated carbocycles. The summed E-state index contributed by atoms with van der Waals surface area (Å²) in [6.45, 7) is 4.83. The largest absolute Gasteiger partial charge is 0.480 e. The quantitative estimate of drug-likeness (QED) is 0.521. The highest BCUT2D eigenvalue weighted by molar-refractivity contribution is 5.83. The van der Waals surface area contributed by atoms with E-state index in [1.165, 1.54) is 0 Å². The molecule has 1 aromatic carbocycles. The van der Waals surface area contributed by atoms with Gasteiger partial charge in [-0.3, -0.25) is 0 Å². The highest BCUT2D eigenvalue weighted by atomic mass is 16.4. The Balaban J connectivity index is 1.40. The third kappa shape index (κ3) is 5.00. The van der Waals surface area contributed by atoms with Crippen molar-refractivity contribution in [1.29, 1.82) is 0 Å². The smallest absolute Gasteiger partial charge is 0.328 e. The van der Waals surface area contributed by atoms with Gasteiger partial charge in [0.25, 0.3) is 0 Å². The molecular formula is C27H30N6O4. The molecule has 10 nitrogen and oxygen atoms in total. The van der Waals surface area contributed by atoms with Crippen LogP contribution in [0.2, 0.25) is 0 Å². The van der Waals surface area contributed by atoms with Crippen LogP contribution in [0.1, 0.15) is 5.56 Å². The summed E-state index contributed by atoms with van der Waals surface area (Å²) in [6, 6.07) is 15.5. The highest BCUT2D eigenvalue weighted by Crippen LogP contribution is 2.32. The van der Waals surface area contributed by atoms with Gasteiger partial charge in [-0.15, -0.1) is 0 Å². The van der Waals surface area contributed by atoms with Gasteiger partial charge in [-0.05, 0) is 48.9 Å². The third-order valence-electron chi connectivity index (χ3n) is 7.11. The molecule has 4 heterocycles. The summed E-state index contributed by atoms with van der Waals surface area (Å²) < 4.78 is 0. The van der Waals surface area contributed by atoms with E-state index in [0.29, 0.717) is 39.3 Å². The molecule has 0 unspecified atom stereocenters. The van der Waals surface area contributed by atoms with Gasteiger partial charge in [-0.1, -0.05) is 18.2 Å². The molecule has 0 radical (unpaired) electrons. The van der Waals surface area contributed by atoms with Crippen molar-refractivity contribution in [3.8, 4) is 0 Å². The number of aliphatic carboxylic acids is 2. The Hall–Kier alpha value is -4.34. The monoisotopic (exact) mass is 502 g/mol. The molecule has 192 valence electrons. The van der Waals surface area contributed by atoms with Gasteiger partial charge in [0.2, 0.25) is 0 Å². The van der Waals surface area contributed by atoms with Crippen LogP contribution >= 0.6 is 0 Å². The topological polar surface area (TPSA) is 113 Å². The normalized spacial score (nSPS) is 20.1. The number of pyridine rings is 2. The van der Waals surface area contributed by atoms with Crippen LogP contribution in [-0.2, 0) is 9.59 Å². The molecule has 2 aromatic heterocycles. The second-order valence-corrected chi connectivity index (χ2v) is 9.33. The van der Waals surface area contributed by atoms with Crippen molar-refractivity contribution in [1.82, 2.24) is 9.97 Å². The van der Waals surface area contributed by atoms with Gasteiger partial charge >= 0.3 is 11.9 Å². The first-order chi connectivity index (χ1) is 17.9. The average Bonchev–Trinajstić information content (AvgIpc) is 2.93. The number of carboxylic acids is 2. The number of nitrogens with zero attached hydrogens (tertiary/aromatic N) is 6. The Morgan fingerprint density at radius 2 is 1.30 bits per heavy atom. The van der Waals surface area contributed by atoms with Gasteiger partial charge in [0.1, 0.15) is 23.7 Å². The summed E-state index contributed by atoms with van der Waals surface area (Å²) in [5.41, 5.74) is 2.52. The van der Waals surface area contributed by atoms with Crippen LogP contribution in [-0.4, -0.2) is 83.5 Å². The number of benzene rings is 1. The molecule has 5 rings (SSSR count). The first-order valence-electron chi connectivity index (χ1n) is 12.3. The molecule has 37 heavy (non-hydrogen) atoms. The number of hydrogen-bond acceptors (Lipinski definition) is 8. The molecular weight excluding hydrogens is 472 g/mol. The van der Waals surface area contributed by atoms with Crippen LogP contribution < -0.4 is 19.6 Å². The number of anilines is 4. The molecule has 3 aromatic rings. The second-order valence-electron chi connectivity index (χ2n) is 9.33. The summed E-state index contributed by atoms with van der Waals surface area (Å²) in [6.07, 6.45) is 3.41. The Kier molecular flexibility index (Phi) is 6.80. The van der Waals surface area contributed by atoms with Crippen molar-refractivity contribution in [2.24, 2.45) is 0 Å². The molecule has 2 N–H and O–H groups in total. The number of hydrogen-bond donors (Lipinski definition) is 2.